The highest BCUT2D eigenvalue weighted by Crippen LogP contribution is 2.15. The van der Waals surface area contributed by atoms with Crippen LogP contribution in [0.15, 0.2) is 4.42 Å². The van der Waals surface area contributed by atoms with E-state index in [2.05, 4.69) is 15.5 Å². The highest BCUT2D eigenvalue weighted by molar-refractivity contribution is 7.91. The van der Waals surface area contributed by atoms with Crippen LogP contribution < -0.4 is 5.32 Å². The van der Waals surface area contributed by atoms with E-state index >= 15 is 0 Å². The van der Waals surface area contributed by atoms with Crippen molar-refractivity contribution in [1.82, 2.24) is 15.5 Å². The highest BCUT2D eigenvalue weighted by Gasteiger charge is 2.30. The predicted molar refractivity (Wildman–Crippen MR) is 52.9 cm³/mol. The molecule has 1 saturated heterocycles. The Labute approximate surface area is 88.0 Å². The van der Waals surface area contributed by atoms with E-state index in [-0.39, 0.29) is 16.9 Å². The Morgan fingerprint density at radius 2 is 2.33 bits per heavy atom. The molecule has 1 aliphatic heterocycles. The van der Waals surface area contributed by atoms with E-state index in [1.807, 2.05) is 0 Å². The van der Waals surface area contributed by atoms with E-state index in [4.69, 9.17) is 4.42 Å². The van der Waals surface area contributed by atoms with Crippen molar-refractivity contribution < 1.29 is 12.8 Å². The number of hydrogen-bond donors (Lipinski definition) is 1. The molecule has 0 aliphatic carbocycles. The number of rotatable bonds is 3. The van der Waals surface area contributed by atoms with Crippen LogP contribution in [0.5, 0.6) is 0 Å². The summed E-state index contributed by atoms with van der Waals surface area (Å²) in [4.78, 5) is 0. The smallest absolute Gasteiger partial charge is 0.231 e. The lowest BCUT2D eigenvalue weighted by molar-refractivity contribution is 0.478. The van der Waals surface area contributed by atoms with Crippen molar-refractivity contribution in [2.45, 2.75) is 24.3 Å². The van der Waals surface area contributed by atoms with Gasteiger partial charge in [0.25, 0.3) is 0 Å². The molecule has 0 amide bonds. The number of nitrogens with zero attached hydrogens (tertiary/aromatic N) is 2. The summed E-state index contributed by atoms with van der Waals surface area (Å²) < 4.78 is 28.7. The van der Waals surface area contributed by atoms with E-state index in [0.29, 0.717) is 18.9 Å². The normalized spacial score (nSPS) is 22.1. The van der Waals surface area contributed by atoms with Crippen LogP contribution in [-0.2, 0) is 15.6 Å². The number of nitrogens with one attached hydrogen (secondary N) is 1. The number of aryl methyl sites for hydroxylation is 1. The zero-order chi connectivity index (χ0) is 10.9. The van der Waals surface area contributed by atoms with Crippen molar-refractivity contribution in [2.75, 3.05) is 13.1 Å². The summed E-state index contributed by atoms with van der Waals surface area (Å²) in [5.74, 6) is 0.421. The third kappa shape index (κ3) is 2.35. The Morgan fingerprint density at radius 3 is 2.87 bits per heavy atom. The summed E-state index contributed by atoms with van der Waals surface area (Å²) in [7, 11) is -3.16. The van der Waals surface area contributed by atoms with E-state index in [1.165, 1.54) is 0 Å². The Balaban J connectivity index is 2.10. The molecule has 0 bridgehead atoms. The third-order valence-corrected chi connectivity index (χ3v) is 4.48. The molecule has 1 N–H and O–H groups in total. The first kappa shape index (κ1) is 10.6. The average molecular weight is 231 g/mol. The highest BCUT2D eigenvalue weighted by atomic mass is 32.2. The first-order valence-electron chi connectivity index (χ1n) is 4.79. The van der Waals surface area contributed by atoms with E-state index in [9.17, 15) is 8.42 Å². The fourth-order valence-corrected chi connectivity index (χ4v) is 3.17. The van der Waals surface area contributed by atoms with Crippen LogP contribution in [0.1, 0.15) is 18.2 Å². The monoisotopic (exact) mass is 231 g/mol. The molecule has 0 saturated carbocycles. The summed E-state index contributed by atoms with van der Waals surface area (Å²) in [6.07, 6.45) is 0.662. The second-order valence-electron chi connectivity index (χ2n) is 3.64. The molecule has 1 aliphatic rings. The van der Waals surface area contributed by atoms with Gasteiger partial charge in [0.05, 0.1) is 5.25 Å². The molecule has 15 heavy (non-hydrogen) atoms. The van der Waals surface area contributed by atoms with Crippen molar-refractivity contribution in [2.24, 2.45) is 0 Å². The lowest BCUT2D eigenvalue weighted by Crippen LogP contribution is -2.25. The summed E-state index contributed by atoms with van der Waals surface area (Å²) in [6.45, 7) is 2.92. The van der Waals surface area contributed by atoms with Gasteiger partial charge in [-0.15, -0.1) is 10.2 Å². The number of sulfone groups is 1. The summed E-state index contributed by atoms with van der Waals surface area (Å²) in [5, 5.41) is 10.00. The molecule has 0 spiro atoms. The molecule has 1 atom stereocenters. The largest absolute Gasteiger partial charge is 0.424 e. The molecule has 0 radical (unpaired) electrons. The molecule has 2 heterocycles. The van der Waals surface area contributed by atoms with Crippen molar-refractivity contribution >= 4 is 9.84 Å². The zero-order valence-electron chi connectivity index (χ0n) is 8.43. The molecular weight excluding hydrogens is 218 g/mol. The predicted octanol–water partition coefficient (Wildman–Crippen LogP) is -0.345. The van der Waals surface area contributed by atoms with E-state index in [1.54, 1.807) is 6.92 Å². The van der Waals surface area contributed by atoms with Crippen LogP contribution >= 0.6 is 0 Å². The number of aromatic nitrogens is 2. The second kappa shape index (κ2) is 3.90. The zero-order valence-corrected chi connectivity index (χ0v) is 9.25. The van der Waals surface area contributed by atoms with Crippen LogP contribution in [0.3, 0.4) is 0 Å². The minimum Gasteiger partial charge on any atom is -0.424 e. The molecule has 7 heteroatoms. The van der Waals surface area contributed by atoms with Crippen LogP contribution in [0.4, 0.5) is 0 Å². The van der Waals surface area contributed by atoms with Gasteiger partial charge in [-0.2, -0.15) is 0 Å². The van der Waals surface area contributed by atoms with Crippen LogP contribution in [0.2, 0.25) is 0 Å². The Bertz CT molecular complexity index is 434. The fourth-order valence-electron chi connectivity index (χ4n) is 1.62. The van der Waals surface area contributed by atoms with E-state index in [0.717, 1.165) is 6.54 Å². The standard InChI is InChI=1S/C8H13N3O3S/c1-6-10-11-8(14-6)5-15(12,13)7-2-3-9-4-7/h7,9H,2-5H2,1H3. The second-order valence-corrected chi connectivity index (χ2v) is 5.92. The maximum atomic E-state index is 11.8. The first-order chi connectivity index (χ1) is 7.08. The molecule has 2 rings (SSSR count). The average Bonchev–Trinajstić information content (AvgIpc) is 2.75. The molecule has 84 valence electrons. The summed E-state index contributed by atoms with van der Waals surface area (Å²) in [5.41, 5.74) is 0. The van der Waals surface area contributed by atoms with Gasteiger partial charge in [0.15, 0.2) is 9.84 Å². The minimum atomic E-state index is -3.16. The van der Waals surface area contributed by atoms with Gasteiger partial charge in [-0.1, -0.05) is 0 Å². The van der Waals surface area contributed by atoms with Crippen molar-refractivity contribution in [3.63, 3.8) is 0 Å². The molecule has 1 fully saturated rings. The molecule has 6 nitrogen and oxygen atoms in total. The van der Waals surface area contributed by atoms with Crippen LogP contribution in [0, 0.1) is 6.92 Å². The minimum absolute atomic E-state index is 0.153. The van der Waals surface area contributed by atoms with Gasteiger partial charge in [0, 0.05) is 13.5 Å². The first-order valence-corrected chi connectivity index (χ1v) is 6.51. The van der Waals surface area contributed by atoms with Gasteiger partial charge in [-0.05, 0) is 13.0 Å². The van der Waals surface area contributed by atoms with E-state index < -0.39 is 9.84 Å². The van der Waals surface area contributed by atoms with Crippen molar-refractivity contribution in [3.8, 4) is 0 Å². The van der Waals surface area contributed by atoms with Gasteiger partial charge >= 0.3 is 0 Å². The Hall–Kier alpha value is -0.950. The topological polar surface area (TPSA) is 85.1 Å². The SMILES string of the molecule is Cc1nnc(CS(=O)(=O)C2CCNC2)o1. The summed E-state index contributed by atoms with van der Waals surface area (Å²) in [6, 6.07) is 0. The van der Waals surface area contributed by atoms with Crippen LogP contribution in [0.25, 0.3) is 0 Å². The lowest BCUT2D eigenvalue weighted by atomic mass is 10.4. The third-order valence-electron chi connectivity index (χ3n) is 2.42. The van der Waals surface area contributed by atoms with Crippen molar-refractivity contribution in [3.05, 3.63) is 11.8 Å². The molecule has 1 unspecified atom stereocenters. The van der Waals surface area contributed by atoms with Gasteiger partial charge < -0.3 is 9.73 Å². The Morgan fingerprint density at radius 1 is 1.53 bits per heavy atom. The fraction of sp³-hybridized carbons (Fsp3) is 0.750. The van der Waals surface area contributed by atoms with Crippen LogP contribution in [-0.4, -0.2) is 37.0 Å². The Kier molecular flexibility index (Phi) is 2.74. The molecule has 1 aromatic rings. The number of hydrogen-bond acceptors (Lipinski definition) is 6. The molecule has 1 aromatic heterocycles. The van der Waals surface area contributed by atoms with Gasteiger partial charge in [0.1, 0.15) is 5.75 Å². The van der Waals surface area contributed by atoms with Gasteiger partial charge in [-0.3, -0.25) is 0 Å². The maximum absolute atomic E-state index is 11.8. The molecule has 0 aromatic carbocycles. The molecular formula is C8H13N3O3S. The summed E-state index contributed by atoms with van der Waals surface area (Å²) >= 11 is 0. The quantitative estimate of drug-likeness (QED) is 0.765. The van der Waals surface area contributed by atoms with Gasteiger partial charge in [0.2, 0.25) is 11.8 Å². The maximum Gasteiger partial charge on any atom is 0.231 e. The van der Waals surface area contributed by atoms with Gasteiger partial charge in [-0.25, -0.2) is 8.42 Å². The van der Waals surface area contributed by atoms with Crippen molar-refractivity contribution in [1.29, 1.82) is 0 Å². The lowest BCUT2D eigenvalue weighted by Gasteiger charge is -2.07.